The molecule has 1 saturated carbocycles. The largest absolute Gasteiger partial charge is 0.472 e. The number of aryl methyl sites for hydroxylation is 1. The van der Waals surface area contributed by atoms with Crippen molar-refractivity contribution in [2.24, 2.45) is 0 Å². The van der Waals surface area contributed by atoms with Crippen LogP contribution in [-0.2, 0) is 13.8 Å². The average Bonchev–Trinajstić information content (AvgIpc) is 3.40. The molecule has 1 aliphatic rings. The van der Waals surface area contributed by atoms with E-state index >= 15 is 0 Å². The first-order valence-corrected chi connectivity index (χ1v) is 13.0. The second-order valence-corrected chi connectivity index (χ2v) is 9.86. The van der Waals surface area contributed by atoms with Gasteiger partial charge < -0.3 is 34.7 Å². The topological polar surface area (TPSA) is 220 Å². The molecule has 1 aliphatic carbocycles. The van der Waals surface area contributed by atoms with Crippen LogP contribution in [0.25, 0.3) is 0 Å². The first kappa shape index (κ1) is 27.7. The van der Waals surface area contributed by atoms with Crippen molar-refractivity contribution in [2.45, 2.75) is 32.7 Å². The van der Waals surface area contributed by atoms with Gasteiger partial charge in [0.2, 0.25) is 6.79 Å². The van der Waals surface area contributed by atoms with Crippen LogP contribution in [0, 0.1) is 19.3 Å². The molecule has 3 amide bonds. The lowest BCUT2D eigenvalue weighted by atomic mass is 10.1. The van der Waals surface area contributed by atoms with Crippen molar-refractivity contribution in [1.29, 1.82) is 5.41 Å². The first-order chi connectivity index (χ1) is 18.4. The lowest BCUT2D eigenvalue weighted by molar-refractivity contribution is 0.0193. The standard InChI is InChI=1S/C23H25N6O9P/c1-12-3-4-14(21(30)27-18-7-8-37-28-18)9-17(12)26-20(24)19-13(2)16(10-25-19)22(31)29(15-5-6-15)23(32)36-11-38-39(33,34)35/h3-4,7-10,15,25H,5-6,11H2,1-2H3,(H2,24,26)(H,27,28,30)(H2,33,34,35). The fourth-order valence-electron chi connectivity index (χ4n) is 3.61. The molecule has 3 aromatic rings. The molecule has 0 saturated heterocycles. The van der Waals surface area contributed by atoms with Crippen LogP contribution in [0.15, 0.2) is 41.2 Å². The van der Waals surface area contributed by atoms with Crippen LogP contribution in [0.3, 0.4) is 0 Å². The Morgan fingerprint density at radius 2 is 1.97 bits per heavy atom. The molecule has 2 aromatic heterocycles. The smallest absolute Gasteiger partial charge is 0.421 e. The van der Waals surface area contributed by atoms with E-state index in [1.54, 1.807) is 32.0 Å². The van der Waals surface area contributed by atoms with Gasteiger partial charge in [-0.2, -0.15) is 0 Å². The molecule has 0 bridgehead atoms. The second kappa shape index (κ2) is 11.2. The molecule has 0 atom stereocenters. The highest BCUT2D eigenvalue weighted by Crippen LogP contribution is 2.36. The molecule has 15 nitrogen and oxygen atoms in total. The zero-order chi connectivity index (χ0) is 28.3. The number of amides is 3. The molecular formula is C23H25N6O9P. The number of rotatable bonds is 9. The number of aromatic nitrogens is 2. The van der Waals surface area contributed by atoms with E-state index in [1.165, 1.54) is 18.5 Å². The Morgan fingerprint density at radius 1 is 1.23 bits per heavy atom. The number of nitrogens with one attached hydrogen (secondary N) is 4. The molecule has 4 rings (SSSR count). The zero-order valence-corrected chi connectivity index (χ0v) is 21.7. The van der Waals surface area contributed by atoms with Gasteiger partial charge in [-0.15, -0.1) is 0 Å². The number of ether oxygens (including phenoxy) is 1. The SMILES string of the molecule is Cc1ccc(C(=O)Nc2ccon2)cc1NC(=N)c1[nH]cc(C(=O)N(C(=O)OCOP(=O)(O)O)C2CC2)c1C. The van der Waals surface area contributed by atoms with E-state index in [9.17, 15) is 18.9 Å². The summed E-state index contributed by atoms with van der Waals surface area (Å²) in [7, 11) is -4.86. The number of carbonyl (C=O) groups excluding carboxylic acids is 3. The van der Waals surface area contributed by atoms with E-state index in [2.05, 4.69) is 25.3 Å². The fourth-order valence-corrected chi connectivity index (χ4v) is 3.80. The Hall–Kier alpha value is -4.30. The van der Waals surface area contributed by atoms with Gasteiger partial charge in [0.05, 0.1) is 11.3 Å². The number of phosphoric acid groups is 1. The van der Waals surface area contributed by atoms with Crippen LogP contribution in [0.5, 0.6) is 0 Å². The third-order valence-corrected chi connectivity index (χ3v) is 6.23. The molecule has 16 heteroatoms. The summed E-state index contributed by atoms with van der Waals surface area (Å²) < 4.78 is 24.4. The van der Waals surface area contributed by atoms with E-state index in [1.807, 2.05) is 0 Å². The van der Waals surface area contributed by atoms with E-state index < -0.39 is 38.6 Å². The van der Waals surface area contributed by atoms with Gasteiger partial charge in [-0.1, -0.05) is 11.2 Å². The highest BCUT2D eigenvalue weighted by Gasteiger charge is 2.40. The molecule has 0 unspecified atom stereocenters. The van der Waals surface area contributed by atoms with Crippen LogP contribution < -0.4 is 10.6 Å². The predicted molar refractivity (Wildman–Crippen MR) is 135 cm³/mol. The van der Waals surface area contributed by atoms with Crippen LogP contribution >= 0.6 is 7.82 Å². The van der Waals surface area contributed by atoms with E-state index in [0.717, 1.165) is 10.5 Å². The van der Waals surface area contributed by atoms with E-state index in [-0.39, 0.29) is 22.9 Å². The number of H-pyrrole nitrogens is 1. The minimum Gasteiger partial charge on any atom is -0.421 e. The maximum absolute atomic E-state index is 13.2. The maximum atomic E-state index is 13.2. The fraction of sp³-hybridized carbons (Fsp3) is 0.261. The van der Waals surface area contributed by atoms with Crippen molar-refractivity contribution < 1.29 is 42.5 Å². The van der Waals surface area contributed by atoms with Crippen molar-refractivity contribution in [1.82, 2.24) is 15.0 Å². The number of phosphoric ester groups is 1. The molecule has 2 heterocycles. The lowest BCUT2D eigenvalue weighted by Crippen LogP contribution is -2.39. The number of aromatic amines is 1. The van der Waals surface area contributed by atoms with Crippen LogP contribution in [-0.4, -0.2) is 61.4 Å². The summed E-state index contributed by atoms with van der Waals surface area (Å²) in [6.45, 7) is 2.36. The number of nitrogens with zero attached hydrogens (tertiary/aromatic N) is 2. The van der Waals surface area contributed by atoms with Crippen molar-refractivity contribution >= 4 is 43.1 Å². The van der Waals surface area contributed by atoms with Gasteiger partial charge >= 0.3 is 13.9 Å². The number of benzene rings is 1. The van der Waals surface area contributed by atoms with Crippen molar-refractivity contribution in [2.75, 3.05) is 17.4 Å². The molecule has 0 radical (unpaired) electrons. The molecule has 206 valence electrons. The van der Waals surface area contributed by atoms with Gasteiger partial charge in [0.25, 0.3) is 11.8 Å². The quantitative estimate of drug-likeness (QED) is 0.0966. The van der Waals surface area contributed by atoms with Gasteiger partial charge in [0, 0.05) is 29.6 Å². The van der Waals surface area contributed by atoms with E-state index in [4.69, 9.17) is 24.5 Å². The summed E-state index contributed by atoms with van der Waals surface area (Å²) in [6, 6.07) is 5.96. The Bertz CT molecular complexity index is 1460. The molecule has 0 aliphatic heterocycles. The second-order valence-electron chi connectivity index (χ2n) is 8.62. The summed E-state index contributed by atoms with van der Waals surface area (Å²) >= 11 is 0. The summed E-state index contributed by atoms with van der Waals surface area (Å²) in [4.78, 5) is 59.5. The third kappa shape index (κ3) is 6.78. The normalized spacial score (nSPS) is 13.0. The van der Waals surface area contributed by atoms with Crippen molar-refractivity contribution in [3.63, 3.8) is 0 Å². The molecule has 1 fully saturated rings. The van der Waals surface area contributed by atoms with Crippen LogP contribution in [0.1, 0.15) is 50.4 Å². The van der Waals surface area contributed by atoms with Gasteiger partial charge in [-0.05, 0) is 49.9 Å². The number of hydrogen-bond acceptors (Lipinski definition) is 9. The van der Waals surface area contributed by atoms with Gasteiger partial charge in [-0.25, -0.2) is 18.8 Å². The van der Waals surface area contributed by atoms with Gasteiger partial charge in [0.15, 0.2) is 5.82 Å². The Balaban J connectivity index is 1.47. The first-order valence-electron chi connectivity index (χ1n) is 11.5. The minimum atomic E-state index is -4.86. The van der Waals surface area contributed by atoms with Crippen molar-refractivity contribution in [3.05, 3.63) is 64.7 Å². The summed E-state index contributed by atoms with van der Waals surface area (Å²) in [5.74, 6) is -0.977. The Kier molecular flexibility index (Phi) is 7.97. The van der Waals surface area contributed by atoms with E-state index in [0.29, 0.717) is 29.7 Å². The number of anilines is 2. The average molecular weight is 560 g/mol. The number of hydrogen-bond donors (Lipinski definition) is 6. The molecule has 6 N–H and O–H groups in total. The number of carbonyl (C=O) groups is 3. The Morgan fingerprint density at radius 3 is 2.62 bits per heavy atom. The minimum absolute atomic E-state index is 0.0979. The highest BCUT2D eigenvalue weighted by molar-refractivity contribution is 7.46. The molecule has 39 heavy (non-hydrogen) atoms. The molecule has 0 spiro atoms. The van der Waals surface area contributed by atoms with Crippen molar-refractivity contribution in [3.8, 4) is 0 Å². The lowest BCUT2D eigenvalue weighted by Gasteiger charge is -2.20. The molecule has 1 aromatic carbocycles. The Labute approximate surface area is 221 Å². The van der Waals surface area contributed by atoms with Crippen LogP contribution in [0.2, 0.25) is 0 Å². The molecular weight excluding hydrogens is 535 g/mol. The summed E-state index contributed by atoms with van der Waals surface area (Å²) in [6.07, 6.45) is 2.67. The summed E-state index contributed by atoms with van der Waals surface area (Å²) in [5, 5.41) is 17.7. The highest BCUT2D eigenvalue weighted by atomic mass is 31.2. The monoisotopic (exact) mass is 560 g/mol. The maximum Gasteiger partial charge on any atom is 0.472 e. The van der Waals surface area contributed by atoms with Crippen LogP contribution in [0.4, 0.5) is 16.3 Å². The zero-order valence-electron chi connectivity index (χ0n) is 20.8. The number of imide groups is 1. The third-order valence-electron chi connectivity index (χ3n) is 5.79. The van der Waals surface area contributed by atoms with Gasteiger partial charge in [-0.3, -0.25) is 15.0 Å². The number of amidine groups is 1. The summed E-state index contributed by atoms with van der Waals surface area (Å²) in [5.41, 5.74) is 2.28. The predicted octanol–water partition coefficient (Wildman–Crippen LogP) is 3.12. The van der Waals surface area contributed by atoms with Gasteiger partial charge in [0.1, 0.15) is 12.1 Å².